The molecule has 1 unspecified atom stereocenters. The van der Waals surface area contributed by atoms with E-state index in [1.54, 1.807) is 11.7 Å². The zero-order valence-corrected chi connectivity index (χ0v) is 15.3. The molecular weight excluding hydrogens is 328 g/mol. The predicted molar refractivity (Wildman–Crippen MR) is 96.9 cm³/mol. The maximum atomic E-state index is 11.6. The Balaban J connectivity index is 1.30. The predicted octanol–water partition coefficient (Wildman–Crippen LogP) is 1.97. The Hall–Kier alpha value is -1.50. The molecule has 3 heterocycles. The highest BCUT2D eigenvalue weighted by molar-refractivity contribution is 5.93. The lowest BCUT2D eigenvalue weighted by Gasteiger charge is -2.59. The van der Waals surface area contributed by atoms with Crippen molar-refractivity contribution in [1.82, 2.24) is 20.3 Å². The van der Waals surface area contributed by atoms with Crippen molar-refractivity contribution in [2.24, 2.45) is 5.41 Å². The SMILES string of the molecule is O=C(NO)c1cnc2c(c1)CCN(C1CC[C@@]13CCCN(C1CC1)C3)C2. The minimum absolute atomic E-state index is 0.437. The summed E-state index contributed by atoms with van der Waals surface area (Å²) >= 11 is 0. The van der Waals surface area contributed by atoms with Crippen LogP contribution in [0.2, 0.25) is 0 Å². The van der Waals surface area contributed by atoms with E-state index in [9.17, 15) is 4.79 Å². The second-order valence-corrected chi connectivity index (χ2v) is 8.71. The monoisotopic (exact) mass is 356 g/mol. The van der Waals surface area contributed by atoms with Gasteiger partial charge in [-0.3, -0.25) is 24.8 Å². The van der Waals surface area contributed by atoms with Crippen LogP contribution < -0.4 is 5.48 Å². The molecule has 5 rings (SSSR count). The van der Waals surface area contributed by atoms with Crippen LogP contribution in [0.3, 0.4) is 0 Å². The topological polar surface area (TPSA) is 68.7 Å². The van der Waals surface area contributed by atoms with Gasteiger partial charge in [-0.1, -0.05) is 0 Å². The van der Waals surface area contributed by atoms with Crippen molar-refractivity contribution >= 4 is 5.91 Å². The smallest absolute Gasteiger partial charge is 0.276 e. The molecule has 0 radical (unpaired) electrons. The Kier molecular flexibility index (Phi) is 4.03. The van der Waals surface area contributed by atoms with Crippen LogP contribution in [0.4, 0.5) is 0 Å². The van der Waals surface area contributed by atoms with Gasteiger partial charge in [0.1, 0.15) is 0 Å². The number of pyridine rings is 1. The van der Waals surface area contributed by atoms with Gasteiger partial charge >= 0.3 is 0 Å². The molecule has 140 valence electrons. The van der Waals surface area contributed by atoms with E-state index in [0.717, 1.165) is 36.8 Å². The molecule has 1 amide bonds. The first-order chi connectivity index (χ1) is 12.7. The molecule has 4 aliphatic rings. The third-order valence-corrected chi connectivity index (χ3v) is 7.21. The van der Waals surface area contributed by atoms with Crippen LogP contribution in [0.1, 0.15) is 60.1 Å². The lowest BCUT2D eigenvalue weighted by Crippen LogP contribution is -2.62. The summed E-state index contributed by atoms with van der Waals surface area (Å²) in [6, 6.07) is 3.46. The van der Waals surface area contributed by atoms with Gasteiger partial charge in [-0.25, -0.2) is 5.48 Å². The molecule has 1 aromatic heterocycles. The van der Waals surface area contributed by atoms with Crippen LogP contribution in [0.25, 0.3) is 0 Å². The maximum Gasteiger partial charge on any atom is 0.276 e. The summed E-state index contributed by atoms with van der Waals surface area (Å²) in [6.45, 7) is 4.55. The van der Waals surface area contributed by atoms with Crippen molar-refractivity contribution in [3.8, 4) is 0 Å². The largest absolute Gasteiger partial charge is 0.300 e. The number of carbonyl (C=O) groups excluding carboxylic acids is 1. The van der Waals surface area contributed by atoms with Gasteiger partial charge in [0.2, 0.25) is 0 Å². The molecule has 2 atom stereocenters. The quantitative estimate of drug-likeness (QED) is 0.640. The molecule has 26 heavy (non-hydrogen) atoms. The summed E-state index contributed by atoms with van der Waals surface area (Å²) in [4.78, 5) is 21.6. The van der Waals surface area contributed by atoms with Gasteiger partial charge in [0.05, 0.1) is 11.3 Å². The summed E-state index contributed by atoms with van der Waals surface area (Å²) < 4.78 is 0. The standard InChI is InChI=1S/C20H28N4O2/c25-19(22-26)15-10-14-5-9-23(12-17(14)21-11-15)18-4-7-20(18)6-1-8-24(13-20)16-2-3-16/h10-11,16,18,26H,1-9,12-13H2,(H,22,25)/t18?,20-/m1/s1. The molecule has 2 saturated carbocycles. The molecule has 0 bridgehead atoms. The summed E-state index contributed by atoms with van der Waals surface area (Å²) in [5.41, 5.74) is 4.89. The molecule has 2 N–H and O–H groups in total. The molecule has 1 spiro atoms. The van der Waals surface area contributed by atoms with E-state index in [-0.39, 0.29) is 0 Å². The van der Waals surface area contributed by atoms with Gasteiger partial charge < -0.3 is 0 Å². The van der Waals surface area contributed by atoms with Crippen LogP contribution in [0.5, 0.6) is 0 Å². The number of amides is 1. The summed E-state index contributed by atoms with van der Waals surface area (Å²) in [7, 11) is 0. The molecule has 2 aliphatic carbocycles. The van der Waals surface area contributed by atoms with Gasteiger partial charge in [0, 0.05) is 37.9 Å². The van der Waals surface area contributed by atoms with E-state index >= 15 is 0 Å². The molecule has 1 aromatic rings. The van der Waals surface area contributed by atoms with E-state index in [1.165, 1.54) is 51.6 Å². The van der Waals surface area contributed by atoms with Crippen LogP contribution in [-0.2, 0) is 13.0 Å². The minimum Gasteiger partial charge on any atom is -0.300 e. The fraction of sp³-hybridized carbons (Fsp3) is 0.700. The van der Waals surface area contributed by atoms with Crippen LogP contribution >= 0.6 is 0 Å². The average Bonchev–Trinajstić information content (AvgIpc) is 3.51. The fourth-order valence-corrected chi connectivity index (χ4v) is 5.56. The van der Waals surface area contributed by atoms with Crippen molar-refractivity contribution in [2.45, 2.75) is 63.6 Å². The van der Waals surface area contributed by atoms with Gasteiger partial charge in [-0.05, 0) is 68.5 Å². The Morgan fingerprint density at radius 2 is 2.12 bits per heavy atom. The first kappa shape index (κ1) is 16.7. The first-order valence-electron chi connectivity index (χ1n) is 10.1. The van der Waals surface area contributed by atoms with Crippen molar-refractivity contribution < 1.29 is 10.0 Å². The minimum atomic E-state index is -0.483. The van der Waals surface area contributed by atoms with Gasteiger partial charge in [0.25, 0.3) is 5.91 Å². The number of hydrogen-bond acceptors (Lipinski definition) is 5. The number of hydrogen-bond donors (Lipinski definition) is 2. The van der Waals surface area contributed by atoms with Crippen LogP contribution in [-0.4, -0.2) is 57.6 Å². The van der Waals surface area contributed by atoms with Gasteiger partial charge in [-0.2, -0.15) is 0 Å². The lowest BCUT2D eigenvalue weighted by molar-refractivity contribution is -0.0820. The molecule has 2 aliphatic heterocycles. The number of hydroxylamine groups is 1. The second kappa shape index (κ2) is 6.29. The van der Waals surface area contributed by atoms with Crippen molar-refractivity contribution in [1.29, 1.82) is 0 Å². The second-order valence-electron chi connectivity index (χ2n) is 8.71. The van der Waals surface area contributed by atoms with E-state index in [2.05, 4.69) is 14.8 Å². The van der Waals surface area contributed by atoms with Crippen LogP contribution in [0, 0.1) is 5.41 Å². The van der Waals surface area contributed by atoms with Crippen molar-refractivity contribution in [3.63, 3.8) is 0 Å². The normalized spacial score (nSPS) is 32.1. The third-order valence-electron chi connectivity index (χ3n) is 7.21. The number of carbonyl (C=O) groups is 1. The number of likely N-dealkylation sites (tertiary alicyclic amines) is 1. The Morgan fingerprint density at radius 3 is 2.85 bits per heavy atom. The van der Waals surface area contributed by atoms with E-state index in [1.807, 2.05) is 6.07 Å². The molecular formula is C20H28N4O2. The summed E-state index contributed by atoms with van der Waals surface area (Å²) in [5, 5.41) is 8.81. The highest BCUT2D eigenvalue weighted by Crippen LogP contribution is 2.52. The highest BCUT2D eigenvalue weighted by Gasteiger charge is 2.52. The maximum absolute atomic E-state index is 11.6. The third kappa shape index (κ3) is 2.75. The number of nitrogens with zero attached hydrogens (tertiary/aromatic N) is 3. The molecule has 3 fully saturated rings. The van der Waals surface area contributed by atoms with Gasteiger partial charge in [-0.15, -0.1) is 0 Å². The number of aromatic nitrogens is 1. The van der Waals surface area contributed by atoms with Crippen molar-refractivity contribution in [3.05, 3.63) is 29.1 Å². The average molecular weight is 356 g/mol. The molecule has 6 nitrogen and oxygen atoms in total. The molecule has 6 heteroatoms. The molecule has 0 aromatic carbocycles. The first-order valence-corrected chi connectivity index (χ1v) is 10.1. The molecule has 1 saturated heterocycles. The van der Waals surface area contributed by atoms with Gasteiger partial charge in [0.15, 0.2) is 0 Å². The van der Waals surface area contributed by atoms with Crippen molar-refractivity contribution in [2.75, 3.05) is 19.6 Å². The highest BCUT2D eigenvalue weighted by atomic mass is 16.5. The Bertz CT molecular complexity index is 720. The zero-order valence-electron chi connectivity index (χ0n) is 15.3. The Morgan fingerprint density at radius 1 is 1.23 bits per heavy atom. The Labute approximate surface area is 154 Å². The number of nitrogens with one attached hydrogen (secondary N) is 1. The fourth-order valence-electron chi connectivity index (χ4n) is 5.56. The summed E-state index contributed by atoms with van der Waals surface area (Å²) in [6.07, 6.45) is 10.8. The lowest BCUT2D eigenvalue weighted by atomic mass is 9.59. The van der Waals surface area contributed by atoms with Crippen LogP contribution in [0.15, 0.2) is 12.3 Å². The van der Waals surface area contributed by atoms with E-state index < -0.39 is 5.91 Å². The van der Waals surface area contributed by atoms with E-state index in [4.69, 9.17) is 5.21 Å². The number of fused-ring (bicyclic) bond motifs is 1. The van der Waals surface area contributed by atoms with E-state index in [0.29, 0.717) is 17.0 Å². The number of rotatable bonds is 3. The number of piperidine rings is 1. The summed E-state index contributed by atoms with van der Waals surface area (Å²) in [5.74, 6) is -0.483. The zero-order chi connectivity index (χ0) is 17.7.